The molecule has 5 heterocycles. The van der Waals surface area contributed by atoms with E-state index in [2.05, 4.69) is 20.2 Å². The predicted molar refractivity (Wildman–Crippen MR) is 282 cm³/mol. The molecular weight excluding hydrogens is 984 g/mol. The molecule has 0 saturated carbocycles. The van der Waals surface area contributed by atoms with Gasteiger partial charge in [-0.1, -0.05) is 50.3 Å². The van der Waals surface area contributed by atoms with E-state index in [9.17, 15) is 34.7 Å². The number of cyclic esters (lactones) is 1. The molecule has 5 N–H and O–H groups in total. The molecule has 76 heavy (non-hydrogen) atoms. The normalized spacial score (nSPS) is 37.5. The van der Waals surface area contributed by atoms with Crippen LogP contribution in [0.2, 0.25) is 0 Å². The van der Waals surface area contributed by atoms with E-state index in [4.69, 9.17) is 33.2 Å². The Morgan fingerprint density at radius 3 is 2.22 bits per heavy atom. The van der Waals surface area contributed by atoms with Crippen LogP contribution < -0.4 is 0 Å². The molecule has 428 valence electrons. The number of ether oxygens (including phenoxy) is 7. The van der Waals surface area contributed by atoms with Gasteiger partial charge >= 0.3 is 5.97 Å². The third-order valence-corrected chi connectivity index (χ3v) is 16.7. The molecule has 1 aromatic carbocycles. The number of nitrogens with zero attached hydrogens (tertiary/aromatic N) is 6. The number of alkyl halides is 1. The van der Waals surface area contributed by atoms with Crippen LogP contribution in [0, 0.1) is 17.8 Å². The summed E-state index contributed by atoms with van der Waals surface area (Å²) >= 11 is 0. The van der Waals surface area contributed by atoms with Crippen LogP contribution in [-0.4, -0.2) is 194 Å². The second-order valence-corrected chi connectivity index (χ2v) is 22.9. The second kappa shape index (κ2) is 26.0. The highest BCUT2D eigenvalue weighted by atomic mass is 19.1. The van der Waals surface area contributed by atoms with Crippen molar-refractivity contribution >= 4 is 5.97 Å². The number of likely N-dealkylation sites (N-methyl/N-ethyl adjacent to an activating group) is 2. The third-order valence-electron chi connectivity index (χ3n) is 16.7. The summed E-state index contributed by atoms with van der Waals surface area (Å²) in [5.74, 6) is -2.66. The number of aromatic nitrogens is 4. The first kappa shape index (κ1) is 61.4. The van der Waals surface area contributed by atoms with Crippen molar-refractivity contribution in [2.45, 2.75) is 204 Å². The molecule has 0 unspecified atom stereocenters. The molecule has 3 aromatic rings. The molecule has 20 heteroatoms. The zero-order valence-corrected chi connectivity index (χ0v) is 47.3. The minimum atomic E-state index is -1.83. The zero-order valence-electron chi connectivity index (χ0n) is 47.3. The Balaban J connectivity index is 1.23. The van der Waals surface area contributed by atoms with Crippen molar-refractivity contribution in [1.29, 1.82) is 0 Å². The van der Waals surface area contributed by atoms with E-state index >= 15 is 0 Å². The summed E-state index contributed by atoms with van der Waals surface area (Å²) in [6.07, 6.45) is -3.17. The fourth-order valence-electron chi connectivity index (χ4n) is 11.9. The molecule has 0 aliphatic carbocycles. The van der Waals surface area contributed by atoms with Crippen LogP contribution in [-0.2, 0) is 44.4 Å². The first-order valence-corrected chi connectivity index (χ1v) is 27.1. The van der Waals surface area contributed by atoms with Crippen LogP contribution in [0.1, 0.15) is 125 Å². The van der Waals surface area contributed by atoms with Gasteiger partial charge in [0.05, 0.1) is 47.2 Å². The Morgan fingerprint density at radius 1 is 0.921 bits per heavy atom. The molecule has 2 aromatic heterocycles. The molecule has 0 radical (unpaired) electrons. The summed E-state index contributed by atoms with van der Waals surface area (Å²) in [5, 5.41) is 66.0. The van der Waals surface area contributed by atoms with Gasteiger partial charge in [0, 0.05) is 88.6 Å². The summed E-state index contributed by atoms with van der Waals surface area (Å²) in [7, 11) is 6.94. The Kier molecular flexibility index (Phi) is 21.0. The highest BCUT2D eigenvalue weighted by molar-refractivity contribution is 5.73. The first-order valence-electron chi connectivity index (χ1n) is 27.1. The Morgan fingerprint density at radius 2 is 1.61 bits per heavy atom. The summed E-state index contributed by atoms with van der Waals surface area (Å²) in [4.78, 5) is 22.6. The Labute approximate surface area is 449 Å². The number of carbonyl (C=O) groups is 1. The number of methoxy groups -OCH3 is 2. The fraction of sp³-hybridized carbons (Fsp3) is 0.750. The van der Waals surface area contributed by atoms with Gasteiger partial charge in [-0.2, -0.15) is 0 Å². The van der Waals surface area contributed by atoms with E-state index in [0.717, 1.165) is 16.7 Å². The number of benzene rings is 1. The SMILES string of the molecule is CC[C@H]1OC(=O)[C@H](C)[C@@H](O[C@H]2C[C@@](C)(OC)[C@@H](O)[C@H](C)O2)[C@H](C)[C@@H](O[C@H]2C[C@@H](N(C)CCc3cn([C@H](CF)[C@H](OC)c4ccc(-c5ccc(O)nc5)cc4)nn3)C[C@@H](C)O2)[C@](C)(O)C[C@@H](C)CN(C)[C@H](C)[C@@H](O)[C@]1(C)O. The lowest BCUT2D eigenvalue weighted by atomic mass is 9.77. The standard InChI is InChI=1S/C56H89FN6O13/c1-15-44-56(10,69)50(65)36(6)62(12)30-32(2)26-54(8,68)52(34(4)48(35(5)53(67)74-44)75-47-27-55(9,71-14)51(66)37(7)73-47)76-46-25-42(24-33(3)72-46)61(11)23-22-41-31-63(60-59-41)43(28-57)49(70-13)39-18-16-38(17-19-39)40-20-21-45(64)58-29-40/h16-21,29,31-37,42-44,46-52,65-66,68-69H,15,22-28,30H2,1-14H3,(H,58,64)/t32-,33-,34+,35-,36-,37+,42+,43-,44-,46+,47+,48+,49-,50-,51+,52-,54-,55-,56-/m1/s1. The molecule has 0 amide bonds. The van der Waals surface area contributed by atoms with Crippen LogP contribution in [0.5, 0.6) is 5.88 Å². The van der Waals surface area contributed by atoms with Gasteiger partial charge in [0.2, 0.25) is 5.88 Å². The quantitative estimate of drug-likeness (QED) is 0.107. The maximum absolute atomic E-state index is 14.9. The summed E-state index contributed by atoms with van der Waals surface area (Å²) in [6, 6.07) is 9.48. The van der Waals surface area contributed by atoms with E-state index in [-0.39, 0.29) is 43.2 Å². The number of hydrogen-bond acceptors (Lipinski definition) is 18. The highest BCUT2D eigenvalue weighted by Crippen LogP contribution is 2.41. The van der Waals surface area contributed by atoms with Crippen LogP contribution in [0.25, 0.3) is 11.1 Å². The van der Waals surface area contributed by atoms with E-state index in [0.29, 0.717) is 38.0 Å². The van der Waals surface area contributed by atoms with Crippen molar-refractivity contribution in [3.8, 4) is 17.0 Å². The number of esters is 1. The fourth-order valence-corrected chi connectivity index (χ4v) is 11.9. The zero-order chi connectivity index (χ0) is 56.0. The lowest BCUT2D eigenvalue weighted by Crippen LogP contribution is -2.59. The van der Waals surface area contributed by atoms with Gasteiger partial charge < -0.3 is 68.5 Å². The van der Waals surface area contributed by atoms with Gasteiger partial charge in [-0.25, -0.2) is 14.1 Å². The number of aliphatic hydroxyl groups excluding tert-OH is 2. The Hall–Kier alpha value is -3.77. The summed E-state index contributed by atoms with van der Waals surface area (Å²) < 4.78 is 61.0. The van der Waals surface area contributed by atoms with E-state index in [1.165, 1.54) is 31.9 Å². The smallest absolute Gasteiger partial charge is 0.311 e. The van der Waals surface area contributed by atoms with Crippen molar-refractivity contribution in [1.82, 2.24) is 29.8 Å². The van der Waals surface area contributed by atoms with Gasteiger partial charge in [-0.15, -0.1) is 5.10 Å². The van der Waals surface area contributed by atoms with Crippen molar-refractivity contribution in [3.63, 3.8) is 0 Å². The summed E-state index contributed by atoms with van der Waals surface area (Å²) in [6.45, 7) is 18.1. The largest absolute Gasteiger partial charge is 0.493 e. The minimum absolute atomic E-state index is 0.0291. The lowest BCUT2D eigenvalue weighted by molar-refractivity contribution is -0.308. The molecule has 0 bridgehead atoms. The predicted octanol–water partition coefficient (Wildman–Crippen LogP) is 5.80. The van der Waals surface area contributed by atoms with Gasteiger partial charge in [0.15, 0.2) is 12.6 Å². The molecular formula is C56H89FN6O13. The van der Waals surface area contributed by atoms with E-state index in [1.54, 1.807) is 53.1 Å². The number of halogens is 1. The molecule has 3 saturated heterocycles. The summed E-state index contributed by atoms with van der Waals surface area (Å²) in [5.41, 5.74) is -1.28. The minimum Gasteiger partial charge on any atom is -0.493 e. The number of aliphatic hydroxyl groups is 4. The molecule has 19 nitrogen and oxygen atoms in total. The maximum atomic E-state index is 14.9. The monoisotopic (exact) mass is 1070 g/mol. The van der Waals surface area contributed by atoms with Crippen molar-refractivity contribution in [2.75, 3.05) is 48.1 Å². The van der Waals surface area contributed by atoms with Crippen LogP contribution in [0.4, 0.5) is 4.39 Å². The molecule has 3 fully saturated rings. The van der Waals surface area contributed by atoms with Gasteiger partial charge in [-0.05, 0) is 105 Å². The van der Waals surface area contributed by atoms with Crippen molar-refractivity contribution in [3.05, 3.63) is 60.0 Å². The van der Waals surface area contributed by atoms with Crippen molar-refractivity contribution < 1.29 is 67.9 Å². The maximum Gasteiger partial charge on any atom is 0.311 e. The van der Waals surface area contributed by atoms with Crippen LogP contribution in [0.15, 0.2) is 48.8 Å². The topological polar surface area (TPSA) is 233 Å². The third kappa shape index (κ3) is 14.3. The van der Waals surface area contributed by atoms with Crippen LogP contribution in [0.3, 0.4) is 0 Å². The van der Waals surface area contributed by atoms with E-state index < -0.39 is 109 Å². The van der Waals surface area contributed by atoms with E-state index in [1.807, 2.05) is 71.0 Å². The number of hydrogen-bond donors (Lipinski definition) is 5. The lowest BCUT2D eigenvalue weighted by Gasteiger charge is -2.48. The molecule has 0 spiro atoms. The first-order chi connectivity index (χ1) is 35.8. The highest BCUT2D eigenvalue weighted by Gasteiger charge is 2.52. The Bertz CT molecular complexity index is 2280. The van der Waals surface area contributed by atoms with Gasteiger partial charge in [0.25, 0.3) is 0 Å². The second-order valence-electron chi connectivity index (χ2n) is 22.9. The number of carbonyl (C=O) groups excluding carboxylic acids is 1. The average molecular weight is 1070 g/mol. The van der Waals surface area contributed by atoms with Gasteiger partial charge in [-0.3, -0.25) is 4.79 Å². The molecule has 3 aliphatic heterocycles. The average Bonchev–Trinajstić information content (AvgIpc) is 3.86. The van der Waals surface area contributed by atoms with Crippen molar-refractivity contribution in [2.24, 2.45) is 17.8 Å². The number of pyridine rings is 1. The molecule has 3 aliphatic rings. The molecule has 19 atom stereocenters. The molecule has 6 rings (SSSR count). The number of rotatable bonds is 16. The van der Waals surface area contributed by atoms with Crippen LogP contribution >= 0.6 is 0 Å². The number of aromatic hydroxyl groups is 1. The van der Waals surface area contributed by atoms with Gasteiger partial charge in [0.1, 0.15) is 42.7 Å².